The van der Waals surface area contributed by atoms with Gasteiger partial charge in [-0.3, -0.25) is 48.2 Å². The summed E-state index contributed by atoms with van der Waals surface area (Å²) in [7, 11) is -4.52. The van der Waals surface area contributed by atoms with Crippen molar-refractivity contribution in [2.24, 2.45) is 33.3 Å². The molecule has 1 spiro atoms. The minimum absolute atomic E-state index is 0.0156. The molecule has 0 radical (unpaired) electrons. The lowest BCUT2D eigenvalue weighted by atomic mass is 9.40. The van der Waals surface area contributed by atoms with Gasteiger partial charge in [0.15, 0.2) is 10.8 Å². The van der Waals surface area contributed by atoms with Crippen LogP contribution in [-0.4, -0.2) is 164 Å². The van der Waals surface area contributed by atoms with Gasteiger partial charge in [-0.1, -0.05) is 75.4 Å². The second-order valence-electron chi connectivity index (χ2n) is 28.4. The zero-order valence-corrected chi connectivity index (χ0v) is 57.8. The number of carboxylic acids is 1. The summed E-state index contributed by atoms with van der Waals surface area (Å²) in [6.07, 6.45) is 8.89. The number of carbonyl (C=O) groups is 9. The number of nitrogens with two attached hydrogens (primary N) is 1. The first-order chi connectivity index (χ1) is 47.5. The van der Waals surface area contributed by atoms with E-state index >= 15 is 0 Å². The van der Waals surface area contributed by atoms with Crippen molar-refractivity contribution in [3.05, 3.63) is 131 Å². The number of fused-ring (bicyclic) bond motifs is 4. The molecule has 30 heteroatoms. The van der Waals surface area contributed by atoms with Crippen molar-refractivity contribution in [1.29, 1.82) is 0 Å². The van der Waals surface area contributed by atoms with Crippen LogP contribution in [0.5, 0.6) is 0 Å². The largest absolute Gasteiger partial charge is 0.476 e. The normalized spacial score (nSPS) is 23.0. The molecule has 3 aromatic heterocycles. The van der Waals surface area contributed by atoms with Crippen molar-refractivity contribution in [1.82, 2.24) is 45.5 Å². The topological polar surface area (TPSA) is 386 Å². The van der Waals surface area contributed by atoms with Crippen molar-refractivity contribution in [3.63, 3.8) is 0 Å². The number of aromatic nitrogens is 4. The average Bonchev–Trinajstić information content (AvgIpc) is 1.46. The Balaban J connectivity index is 0.681. The maximum absolute atomic E-state index is 13.9. The van der Waals surface area contributed by atoms with E-state index in [4.69, 9.17) is 25.3 Å². The van der Waals surface area contributed by atoms with Crippen molar-refractivity contribution in [2.75, 3.05) is 60.6 Å². The number of pyridine rings is 1. The molecule has 6 aliphatic rings. The number of aromatic carboxylic acids is 1. The second-order valence-corrected chi connectivity index (χ2v) is 31.0. The quantitative estimate of drug-likeness (QED) is 0.0139. The van der Waals surface area contributed by atoms with Gasteiger partial charge in [0.1, 0.15) is 31.1 Å². The zero-order chi connectivity index (χ0) is 71.3. The Morgan fingerprint density at radius 3 is 2.30 bits per heavy atom. The van der Waals surface area contributed by atoms with Gasteiger partial charge in [-0.25, -0.2) is 24.4 Å². The minimum Gasteiger partial charge on any atom is -0.476 e. The molecule has 3 bridgehead atoms. The highest BCUT2D eigenvalue weighted by Gasteiger charge is 2.84. The van der Waals surface area contributed by atoms with Gasteiger partial charge < -0.3 is 51.4 Å². The molecule has 100 heavy (non-hydrogen) atoms. The first-order valence-corrected chi connectivity index (χ1v) is 35.8. The van der Waals surface area contributed by atoms with Crippen LogP contribution in [0.1, 0.15) is 122 Å². The van der Waals surface area contributed by atoms with Crippen LogP contribution in [0.2, 0.25) is 0 Å². The number of hydrogen-bond acceptors (Lipinski definition) is 18. The van der Waals surface area contributed by atoms with E-state index in [1.54, 1.807) is 44.3 Å². The number of thiazole rings is 1. The summed E-state index contributed by atoms with van der Waals surface area (Å²) in [5, 5.41) is 29.6. The lowest BCUT2D eigenvalue weighted by Gasteiger charge is -2.64. The molecule has 5 heterocycles. The van der Waals surface area contributed by atoms with Crippen LogP contribution >= 0.6 is 11.3 Å². The smallest absolute Gasteiger partial charge is 0.410 e. The highest BCUT2D eigenvalue weighted by Crippen LogP contribution is 2.89. The second kappa shape index (κ2) is 27.5. The maximum atomic E-state index is 13.9. The van der Waals surface area contributed by atoms with E-state index in [1.807, 2.05) is 59.0 Å². The highest BCUT2D eigenvalue weighted by atomic mass is 32.2. The number of nitrogens with zero attached hydrogens (tertiary/aromatic N) is 7. The molecule has 3 aromatic carbocycles. The van der Waals surface area contributed by atoms with Crippen LogP contribution in [0.25, 0.3) is 21.3 Å². The monoisotopic (exact) mass is 1410 g/mol. The number of carbonyl (C=O) groups excluding carboxylic acids is 8. The number of amides is 9. The molecular weight excluding hydrogens is 1330 g/mol. The standard InChI is InChI=1S/C70H81N13O15S2/c1-41(2)57(78-54(84)32-82-55(85)21-22-56(82)86)61(89)75-51(13-9-24-72-63(71)92)60(88)74-45-17-15-43(16-18-45)33-97-65(93)80(27-29-100(94,95)96)26-28-98-69-36-67(5)34-66(4)35-68(37-69,38-70(66,67)39-69)40-83-42(3)48(30-73-83)46-19-20-53(77-58(46)62(90)91)81-25-23-44-10-8-11-47(49(44)31-81)59(87)79-64-76-50-12-6-7-14-52(50)99-64/h6-8,10-12,14-22,30,41,51,57H,9,13,23-29,31-40H2,1-5H3,(H,74,88)(H,75,89)(H,78,84)(H,90,91)(H3,71,72,92)(H,76,79,87)(H,94,95,96)/t51-,57?,66?,67?,68?,69?,70?/m0/s1. The summed E-state index contributed by atoms with van der Waals surface area (Å²) in [6, 6.07) is 20.0. The van der Waals surface area contributed by atoms with Crippen LogP contribution in [0, 0.1) is 34.5 Å². The lowest BCUT2D eigenvalue weighted by Crippen LogP contribution is -2.57. The Labute approximate surface area is 580 Å². The SMILES string of the molecule is Cc1c(-c2ccc(N3CCc4cccc(C(=O)Nc5nc6ccccc6s5)c4C3)nc2C(=O)O)cnn1CC12CC3(OCCN(CCS(=O)(=O)O)C(=O)OCc4ccc(NC(=O)[C@H](CCCNC(N)=O)NC(=O)C(NC(=O)CN5C(=O)C=CC5=O)C(C)C)cc4)CC4(C)CC(C)(C1)C4(C2)C3. The summed E-state index contributed by atoms with van der Waals surface area (Å²) in [4.78, 5) is 130. The van der Waals surface area contributed by atoms with E-state index in [0.29, 0.717) is 65.7 Å². The molecule has 4 saturated carbocycles. The third-order valence-electron chi connectivity index (χ3n) is 21.2. The number of anilines is 3. The van der Waals surface area contributed by atoms with Gasteiger partial charge in [-0.05, 0) is 151 Å². The Kier molecular flexibility index (Phi) is 19.3. The van der Waals surface area contributed by atoms with E-state index in [-0.39, 0.29) is 78.1 Å². The molecule has 6 aromatic rings. The molecule has 4 aliphatic carbocycles. The Hall–Kier alpha value is -9.65. The lowest BCUT2D eigenvalue weighted by molar-refractivity contribution is -0.158. The summed E-state index contributed by atoms with van der Waals surface area (Å²) in [6.45, 7) is 10.2. The van der Waals surface area contributed by atoms with E-state index < -0.39 is 100 Å². The van der Waals surface area contributed by atoms with Gasteiger partial charge in [0.05, 0.1) is 34.4 Å². The molecule has 0 saturated heterocycles. The number of imide groups is 1. The summed E-state index contributed by atoms with van der Waals surface area (Å²) in [5.41, 5.74) is 9.95. The van der Waals surface area contributed by atoms with Gasteiger partial charge in [-0.2, -0.15) is 13.5 Å². The van der Waals surface area contributed by atoms with Crippen molar-refractivity contribution < 1.29 is 70.7 Å². The number of ether oxygens (including phenoxy) is 2. The molecule has 2 aliphatic heterocycles. The third kappa shape index (κ3) is 14.3. The van der Waals surface area contributed by atoms with Crippen LogP contribution in [0.4, 0.5) is 26.2 Å². The number of urea groups is 1. The number of rotatable bonds is 28. The molecule has 9 amide bonds. The Morgan fingerprint density at radius 2 is 1.58 bits per heavy atom. The Morgan fingerprint density at radius 1 is 0.830 bits per heavy atom. The van der Waals surface area contributed by atoms with Gasteiger partial charge in [0, 0.05) is 79.5 Å². The van der Waals surface area contributed by atoms with Gasteiger partial charge in [-0.15, -0.1) is 0 Å². The summed E-state index contributed by atoms with van der Waals surface area (Å²) < 4.78 is 49.8. The zero-order valence-electron chi connectivity index (χ0n) is 56.1. The molecule has 6 unspecified atom stereocenters. The summed E-state index contributed by atoms with van der Waals surface area (Å²) in [5.74, 6) is -5.79. The highest BCUT2D eigenvalue weighted by molar-refractivity contribution is 7.85. The van der Waals surface area contributed by atoms with Crippen LogP contribution < -0.4 is 37.2 Å². The predicted octanol–water partition coefficient (Wildman–Crippen LogP) is 6.98. The molecule has 28 nitrogen and oxygen atoms in total. The van der Waals surface area contributed by atoms with Crippen molar-refractivity contribution >= 4 is 102 Å². The Bertz CT molecular complexity index is 4390. The van der Waals surface area contributed by atoms with E-state index in [0.717, 1.165) is 76.2 Å². The number of benzene rings is 3. The maximum Gasteiger partial charge on any atom is 0.410 e. The molecule has 9 N–H and O–H groups in total. The fourth-order valence-corrected chi connectivity index (χ4v) is 18.5. The fraction of sp³-hybridized carbons (Fsp3) is 0.457. The first-order valence-electron chi connectivity index (χ1n) is 33.3. The molecule has 528 valence electrons. The molecular formula is C70H81N13O15S2. The van der Waals surface area contributed by atoms with E-state index in [2.05, 4.69) is 45.4 Å². The fourth-order valence-electron chi connectivity index (χ4n) is 17.2. The van der Waals surface area contributed by atoms with E-state index in [9.17, 15) is 61.2 Å². The van der Waals surface area contributed by atoms with Crippen molar-refractivity contribution in [2.45, 2.75) is 130 Å². The van der Waals surface area contributed by atoms with Gasteiger partial charge in [0.25, 0.3) is 27.8 Å². The van der Waals surface area contributed by atoms with E-state index in [1.165, 1.54) is 28.4 Å². The predicted molar refractivity (Wildman–Crippen MR) is 368 cm³/mol. The van der Waals surface area contributed by atoms with Gasteiger partial charge in [0.2, 0.25) is 17.7 Å². The molecule has 4 fully saturated rings. The number of hydrogen-bond donors (Lipinski definition) is 8. The number of para-hydroxylation sites is 1. The van der Waals surface area contributed by atoms with Gasteiger partial charge >= 0.3 is 18.1 Å². The average molecular weight is 1410 g/mol. The number of nitrogens with one attached hydrogen (secondary N) is 5. The van der Waals surface area contributed by atoms with Crippen LogP contribution in [0.3, 0.4) is 0 Å². The summed E-state index contributed by atoms with van der Waals surface area (Å²) >= 11 is 1.40. The molecule has 7 atom stereocenters. The van der Waals surface area contributed by atoms with Crippen molar-refractivity contribution in [3.8, 4) is 11.1 Å². The first kappa shape index (κ1) is 70.2. The van der Waals surface area contributed by atoms with Crippen LogP contribution in [0.15, 0.2) is 97.2 Å². The molecule has 12 rings (SSSR count). The van der Waals surface area contributed by atoms with Crippen LogP contribution in [-0.2, 0) is 69.7 Å². The third-order valence-corrected chi connectivity index (χ3v) is 22.8. The number of primary amides is 1. The minimum atomic E-state index is -4.52. The number of carboxylic acid groups (broad SMARTS) is 1.